The van der Waals surface area contributed by atoms with Crippen LogP contribution in [0.25, 0.3) is 24.3 Å². The van der Waals surface area contributed by atoms with Gasteiger partial charge in [-0.1, -0.05) is 30.4 Å². The maximum Gasteiger partial charge on any atom is 0.383 e. The van der Waals surface area contributed by atoms with Gasteiger partial charge in [-0.15, -0.1) is 0 Å². The molecular formula is C34H24O12. The molecule has 2 heterocycles. The fourth-order valence-electron chi connectivity index (χ4n) is 4.03. The Morgan fingerprint density at radius 1 is 0.587 bits per heavy atom. The molecule has 0 aliphatic carbocycles. The summed E-state index contributed by atoms with van der Waals surface area (Å²) in [4.78, 5) is 25.3. The maximum absolute atomic E-state index is 12.7. The van der Waals surface area contributed by atoms with E-state index in [2.05, 4.69) is 0 Å². The molecule has 0 atom stereocenters. The number of hydrogen-bond donors (Lipinski definition) is 6. The molecule has 2 aromatic heterocycles. The van der Waals surface area contributed by atoms with Gasteiger partial charge in [0.1, 0.15) is 29.4 Å². The quantitative estimate of drug-likeness (QED) is 0.111. The van der Waals surface area contributed by atoms with E-state index >= 15 is 0 Å². The Labute approximate surface area is 259 Å². The number of phenols is 4. The van der Waals surface area contributed by atoms with Crippen molar-refractivity contribution >= 4 is 24.3 Å². The minimum atomic E-state index is -1.05. The predicted octanol–water partition coefficient (Wildman–Crippen LogP) is 5.60. The van der Waals surface area contributed by atoms with Gasteiger partial charge in [0.05, 0.1) is 0 Å². The number of ether oxygens (including phenoxy) is 2. The van der Waals surface area contributed by atoms with Crippen LogP contribution in [0.5, 0.6) is 51.7 Å². The Morgan fingerprint density at radius 2 is 1.15 bits per heavy atom. The van der Waals surface area contributed by atoms with Gasteiger partial charge in [-0.3, -0.25) is 0 Å². The van der Waals surface area contributed by atoms with Gasteiger partial charge in [-0.05, 0) is 72.2 Å². The highest BCUT2D eigenvalue weighted by Crippen LogP contribution is 2.36. The number of aromatic hydroxyl groups is 6. The van der Waals surface area contributed by atoms with Crippen LogP contribution in [0.15, 0.2) is 85.2 Å². The topological polar surface area (TPSA) is 200 Å². The van der Waals surface area contributed by atoms with E-state index in [4.69, 9.17) is 25.2 Å². The fourth-order valence-corrected chi connectivity index (χ4v) is 4.03. The molecule has 0 aliphatic rings. The Morgan fingerprint density at radius 3 is 1.70 bits per heavy atom. The first-order valence-electron chi connectivity index (χ1n) is 13.3. The number of hydrogen-bond acceptors (Lipinski definition) is 12. The van der Waals surface area contributed by atoms with Crippen LogP contribution in [0.1, 0.15) is 33.8 Å². The van der Waals surface area contributed by atoms with Crippen molar-refractivity contribution in [2.45, 2.75) is 6.61 Å². The van der Waals surface area contributed by atoms with Crippen molar-refractivity contribution in [2.75, 3.05) is 0 Å². The Bertz CT molecular complexity index is 2100. The number of rotatable bonds is 9. The summed E-state index contributed by atoms with van der Waals surface area (Å²) in [5.74, 6) is -3.06. The summed E-state index contributed by atoms with van der Waals surface area (Å²) in [6, 6.07) is 14.6. The zero-order chi connectivity index (χ0) is 33.0. The lowest BCUT2D eigenvalue weighted by Gasteiger charge is -2.13. The summed E-state index contributed by atoms with van der Waals surface area (Å²) < 4.78 is 21.7. The van der Waals surface area contributed by atoms with Crippen molar-refractivity contribution in [3.63, 3.8) is 0 Å². The number of phenolic OH excluding ortho intramolecular Hbond substituents is 4. The Hall–Kier alpha value is -6.56. The van der Waals surface area contributed by atoms with Gasteiger partial charge in [0.15, 0.2) is 40.2 Å². The summed E-state index contributed by atoms with van der Waals surface area (Å²) in [6.07, 6.45) is 5.68. The van der Waals surface area contributed by atoms with E-state index in [9.17, 15) is 40.2 Å². The molecule has 0 unspecified atom stereocenters. The van der Waals surface area contributed by atoms with E-state index in [1.54, 1.807) is 0 Å². The molecule has 46 heavy (non-hydrogen) atoms. The van der Waals surface area contributed by atoms with E-state index in [-0.39, 0.29) is 57.1 Å². The second-order valence-corrected chi connectivity index (χ2v) is 9.71. The first-order chi connectivity index (χ1) is 22.0. The van der Waals surface area contributed by atoms with E-state index in [1.165, 1.54) is 85.0 Å². The molecule has 5 aromatic rings. The van der Waals surface area contributed by atoms with Crippen molar-refractivity contribution in [1.29, 1.82) is 0 Å². The van der Waals surface area contributed by atoms with Crippen molar-refractivity contribution in [3.05, 3.63) is 128 Å². The summed E-state index contributed by atoms with van der Waals surface area (Å²) in [5.41, 5.74) is -1.02. The van der Waals surface area contributed by atoms with Crippen molar-refractivity contribution in [1.82, 2.24) is 0 Å². The first kappa shape index (κ1) is 30.9. The van der Waals surface area contributed by atoms with Crippen molar-refractivity contribution in [2.24, 2.45) is 0 Å². The molecule has 0 bridgehead atoms. The van der Waals surface area contributed by atoms with Crippen LogP contribution in [-0.4, -0.2) is 30.6 Å². The molecule has 0 saturated carbocycles. The molecule has 0 amide bonds. The number of benzene rings is 3. The molecule has 5 rings (SSSR count). The third-order valence-electron chi connectivity index (χ3n) is 6.38. The molecule has 0 fully saturated rings. The van der Waals surface area contributed by atoms with Crippen molar-refractivity contribution < 1.29 is 48.9 Å². The lowest BCUT2D eigenvalue weighted by Crippen LogP contribution is -2.12. The van der Waals surface area contributed by atoms with Crippen LogP contribution in [0.3, 0.4) is 0 Å². The zero-order valence-corrected chi connectivity index (χ0v) is 23.6. The molecule has 0 saturated heterocycles. The summed E-state index contributed by atoms with van der Waals surface area (Å²) in [7, 11) is 0. The normalized spacial score (nSPS) is 11.3. The summed E-state index contributed by atoms with van der Waals surface area (Å²) >= 11 is 0. The minimum absolute atomic E-state index is 0.00275. The van der Waals surface area contributed by atoms with E-state index < -0.39 is 35.1 Å². The Kier molecular flexibility index (Phi) is 8.71. The van der Waals surface area contributed by atoms with Gasteiger partial charge in [0.25, 0.3) is 5.75 Å². The third kappa shape index (κ3) is 7.14. The van der Waals surface area contributed by atoms with Crippen LogP contribution < -0.4 is 20.7 Å². The minimum Gasteiger partial charge on any atom is -0.507 e. The zero-order valence-electron chi connectivity index (χ0n) is 23.6. The predicted molar refractivity (Wildman–Crippen MR) is 165 cm³/mol. The average Bonchev–Trinajstić information content (AvgIpc) is 3.00. The SMILES string of the molecule is [CH]c1ccc(OCc2c(O)cc(C=Cc3ccc(O)c(O)c3)oc2=O)c(Oc2c(O)cc(C=Cc3ccc(O)c(O)c3)oc2=O)c1. The highest BCUT2D eigenvalue weighted by atomic mass is 16.5. The summed E-state index contributed by atoms with van der Waals surface area (Å²) in [5, 5.41) is 59.2. The second kappa shape index (κ2) is 13.0. The third-order valence-corrected chi connectivity index (χ3v) is 6.38. The lowest BCUT2D eigenvalue weighted by atomic mass is 10.1. The highest BCUT2D eigenvalue weighted by molar-refractivity contribution is 5.70. The average molecular weight is 625 g/mol. The molecule has 12 nitrogen and oxygen atoms in total. The molecule has 0 spiro atoms. The largest absolute Gasteiger partial charge is 0.507 e. The van der Waals surface area contributed by atoms with Gasteiger partial charge < -0.3 is 48.9 Å². The maximum atomic E-state index is 12.7. The first-order valence-corrected chi connectivity index (χ1v) is 13.3. The van der Waals surface area contributed by atoms with Gasteiger partial charge in [0.2, 0.25) is 0 Å². The smallest absolute Gasteiger partial charge is 0.383 e. The van der Waals surface area contributed by atoms with Crippen LogP contribution >= 0.6 is 0 Å². The molecule has 6 N–H and O–H groups in total. The van der Waals surface area contributed by atoms with Crippen molar-refractivity contribution in [3.8, 4) is 51.7 Å². The van der Waals surface area contributed by atoms with Gasteiger partial charge >= 0.3 is 11.3 Å². The van der Waals surface area contributed by atoms with Gasteiger partial charge in [0, 0.05) is 12.1 Å². The van der Waals surface area contributed by atoms with Gasteiger partial charge in [-0.2, -0.15) is 0 Å². The molecule has 3 aromatic carbocycles. The highest BCUT2D eigenvalue weighted by Gasteiger charge is 2.18. The molecule has 0 aliphatic heterocycles. The van der Waals surface area contributed by atoms with E-state index in [0.717, 1.165) is 6.07 Å². The van der Waals surface area contributed by atoms with Crippen LogP contribution in [-0.2, 0) is 6.61 Å². The van der Waals surface area contributed by atoms with Gasteiger partial charge in [-0.25, -0.2) is 9.59 Å². The van der Waals surface area contributed by atoms with Crippen LogP contribution in [0.4, 0.5) is 0 Å². The van der Waals surface area contributed by atoms with E-state index in [0.29, 0.717) is 11.1 Å². The Balaban J connectivity index is 1.33. The fraction of sp³-hybridized carbons (Fsp3) is 0.0294. The molecule has 12 heteroatoms. The second-order valence-electron chi connectivity index (χ2n) is 9.71. The van der Waals surface area contributed by atoms with E-state index in [1.807, 2.05) is 0 Å². The van der Waals surface area contributed by atoms with Crippen LogP contribution in [0.2, 0.25) is 0 Å². The lowest BCUT2D eigenvalue weighted by molar-refractivity contribution is 0.274. The molecule has 2 radical (unpaired) electrons. The molecule has 232 valence electrons. The standard InChI is InChI=1S/C34H24O12/c1-18-2-11-30(43-17-23-26(37)15-21(44-33(23)41)7-3-19-5-9-24(35)27(38)13-19)31(12-18)46-32-29(40)16-22(45-34(32)42)8-4-20-6-10-25(36)28(39)14-20/h1-16,35-40H,17H2. The monoisotopic (exact) mass is 624 g/mol. The summed E-state index contributed by atoms with van der Waals surface area (Å²) in [6.45, 7) is 5.39. The molecular weight excluding hydrogens is 600 g/mol. The van der Waals surface area contributed by atoms with Crippen LogP contribution in [0, 0.1) is 6.92 Å².